The summed E-state index contributed by atoms with van der Waals surface area (Å²) in [6, 6.07) is 9.82. The van der Waals surface area contributed by atoms with Gasteiger partial charge in [-0.05, 0) is 30.3 Å². The van der Waals surface area contributed by atoms with Gasteiger partial charge in [-0.25, -0.2) is 13.4 Å². The Balaban J connectivity index is 0.00000116. The summed E-state index contributed by atoms with van der Waals surface area (Å²) < 4.78 is 39.2. The Morgan fingerprint density at radius 3 is 2.32 bits per heavy atom. The number of rotatable bonds is 5. The summed E-state index contributed by atoms with van der Waals surface area (Å²) in [5.41, 5.74) is 0.859. The maximum Gasteiger partial charge on any atom is 0.173 e. The van der Waals surface area contributed by atoms with Crippen molar-refractivity contribution in [3.05, 3.63) is 54.4 Å². The summed E-state index contributed by atoms with van der Waals surface area (Å²) in [5, 5.41) is 8.36. The van der Waals surface area contributed by atoms with Gasteiger partial charge in [0.15, 0.2) is 12.4 Å². The molecule has 0 aliphatic heterocycles. The minimum atomic E-state index is -4.54. The van der Waals surface area contributed by atoms with E-state index < -0.39 is 15.5 Å². The van der Waals surface area contributed by atoms with Gasteiger partial charge in [-0.15, -0.1) is 0 Å². The molecule has 0 saturated carbocycles. The molecule has 0 aliphatic carbocycles. The van der Waals surface area contributed by atoms with E-state index in [4.69, 9.17) is 9.84 Å². The molecule has 7 nitrogen and oxygen atoms in total. The van der Waals surface area contributed by atoms with Crippen LogP contribution in [0.5, 0.6) is 5.75 Å². The second-order valence-corrected chi connectivity index (χ2v) is 5.54. The van der Waals surface area contributed by atoms with Crippen LogP contribution in [0.15, 0.2) is 48.8 Å². The SMILES string of the molecule is CO.COc1ccc(NC(c2ccc[nH+]c2)S(=O)(=O)[O-])cc1. The fourth-order valence-corrected chi connectivity index (χ4v) is 2.49. The van der Waals surface area contributed by atoms with E-state index in [0.29, 0.717) is 17.0 Å². The van der Waals surface area contributed by atoms with Crippen molar-refractivity contribution in [2.45, 2.75) is 5.37 Å². The quantitative estimate of drug-likeness (QED) is 0.785. The van der Waals surface area contributed by atoms with Crippen molar-refractivity contribution in [2.75, 3.05) is 19.5 Å². The van der Waals surface area contributed by atoms with Gasteiger partial charge in [0.1, 0.15) is 21.2 Å². The fraction of sp³-hybridized carbons (Fsp3) is 0.214. The van der Waals surface area contributed by atoms with Crippen molar-refractivity contribution in [2.24, 2.45) is 0 Å². The first-order valence-corrected chi connectivity index (χ1v) is 7.74. The summed E-state index contributed by atoms with van der Waals surface area (Å²) in [6.45, 7) is 0. The molecule has 0 amide bonds. The first kappa shape index (κ1) is 17.9. The zero-order chi connectivity index (χ0) is 16.6. The smallest absolute Gasteiger partial charge is 0.173 e. The lowest BCUT2D eigenvalue weighted by atomic mass is 10.2. The number of methoxy groups -OCH3 is 1. The zero-order valence-electron chi connectivity index (χ0n) is 12.2. The summed E-state index contributed by atoms with van der Waals surface area (Å²) >= 11 is 0. The average Bonchev–Trinajstić information content (AvgIpc) is 2.55. The monoisotopic (exact) mass is 326 g/mol. The van der Waals surface area contributed by atoms with Crippen LogP contribution in [0.2, 0.25) is 0 Å². The van der Waals surface area contributed by atoms with E-state index in [9.17, 15) is 13.0 Å². The number of aromatic nitrogens is 1. The predicted molar refractivity (Wildman–Crippen MR) is 80.2 cm³/mol. The van der Waals surface area contributed by atoms with E-state index in [1.807, 2.05) is 0 Å². The molecule has 1 aromatic carbocycles. The largest absolute Gasteiger partial charge is 0.746 e. The third kappa shape index (κ3) is 4.99. The highest BCUT2D eigenvalue weighted by Gasteiger charge is 2.20. The molecule has 1 atom stereocenters. The Kier molecular flexibility index (Phi) is 6.77. The number of ether oxygens (including phenoxy) is 1. The fourth-order valence-electron chi connectivity index (χ4n) is 1.73. The van der Waals surface area contributed by atoms with Crippen LogP contribution in [0.25, 0.3) is 0 Å². The standard InChI is InChI=1S/C13H14N2O4S.CH4O/c1-19-12-6-4-11(5-7-12)15-13(20(16,17)18)10-3-2-8-14-9-10;1-2/h2-9,13,15H,1H3,(H,16,17,18);2H,1H3. The molecule has 0 aliphatic rings. The first-order valence-electron chi connectivity index (χ1n) is 6.27. The van der Waals surface area contributed by atoms with Crippen LogP contribution >= 0.6 is 0 Å². The topological polar surface area (TPSA) is 113 Å². The number of aromatic amines is 1. The summed E-state index contributed by atoms with van der Waals surface area (Å²) in [4.78, 5) is 2.75. The van der Waals surface area contributed by atoms with E-state index >= 15 is 0 Å². The molecule has 1 unspecified atom stereocenters. The average molecular weight is 326 g/mol. The second-order valence-electron chi connectivity index (χ2n) is 4.08. The Morgan fingerprint density at radius 2 is 1.86 bits per heavy atom. The molecular formula is C14H18N2O5S. The predicted octanol–water partition coefficient (Wildman–Crippen LogP) is 0.774. The van der Waals surface area contributed by atoms with Gasteiger partial charge in [-0.1, -0.05) is 0 Å². The van der Waals surface area contributed by atoms with Gasteiger partial charge in [0, 0.05) is 18.9 Å². The molecule has 0 saturated heterocycles. The van der Waals surface area contributed by atoms with Crippen LogP contribution in [-0.4, -0.2) is 32.3 Å². The number of aliphatic hydroxyl groups excluding tert-OH is 1. The minimum absolute atomic E-state index is 0.346. The van der Waals surface area contributed by atoms with Gasteiger partial charge in [0.25, 0.3) is 0 Å². The number of hydrogen-bond donors (Lipinski definition) is 2. The van der Waals surface area contributed by atoms with Crippen molar-refractivity contribution in [3.63, 3.8) is 0 Å². The minimum Gasteiger partial charge on any atom is -0.746 e. The summed E-state index contributed by atoms with van der Waals surface area (Å²) in [7, 11) is -2.01. The number of hydrogen-bond acceptors (Lipinski definition) is 6. The normalized spacial score (nSPS) is 11.8. The highest BCUT2D eigenvalue weighted by molar-refractivity contribution is 7.86. The maximum absolute atomic E-state index is 11.4. The van der Waals surface area contributed by atoms with Crippen LogP contribution < -0.4 is 15.0 Å². The second kappa shape index (κ2) is 8.32. The lowest BCUT2D eigenvalue weighted by Crippen LogP contribution is -2.22. The lowest BCUT2D eigenvalue weighted by Gasteiger charge is -2.22. The number of nitrogens with one attached hydrogen (secondary N) is 2. The highest BCUT2D eigenvalue weighted by atomic mass is 32.2. The molecule has 3 N–H and O–H groups in total. The Morgan fingerprint density at radius 1 is 1.23 bits per heavy atom. The van der Waals surface area contributed by atoms with Gasteiger partial charge in [-0.2, -0.15) is 0 Å². The van der Waals surface area contributed by atoms with Crippen molar-refractivity contribution < 1.29 is 27.8 Å². The van der Waals surface area contributed by atoms with Gasteiger partial charge < -0.3 is 19.7 Å². The van der Waals surface area contributed by atoms with E-state index in [1.165, 1.54) is 13.3 Å². The third-order valence-corrected chi connectivity index (χ3v) is 3.68. The van der Waals surface area contributed by atoms with Crippen LogP contribution in [0, 0.1) is 0 Å². The molecule has 2 rings (SSSR count). The molecule has 22 heavy (non-hydrogen) atoms. The lowest BCUT2D eigenvalue weighted by molar-refractivity contribution is -0.378. The molecular weight excluding hydrogens is 308 g/mol. The summed E-state index contributed by atoms with van der Waals surface area (Å²) in [6.07, 6.45) is 3.10. The first-order chi connectivity index (χ1) is 10.5. The van der Waals surface area contributed by atoms with Gasteiger partial charge in [0.05, 0.1) is 12.7 Å². The van der Waals surface area contributed by atoms with Crippen molar-refractivity contribution in [1.29, 1.82) is 0 Å². The number of pyridine rings is 1. The molecule has 0 spiro atoms. The Labute approximate surface area is 129 Å². The molecule has 8 heteroatoms. The van der Waals surface area contributed by atoms with E-state index in [0.717, 1.165) is 7.11 Å². The number of aliphatic hydroxyl groups is 1. The Bertz CT molecular complexity index is 659. The van der Waals surface area contributed by atoms with Crippen LogP contribution in [0.1, 0.15) is 10.9 Å². The van der Waals surface area contributed by atoms with Crippen LogP contribution in [-0.2, 0) is 10.1 Å². The third-order valence-electron chi connectivity index (χ3n) is 2.71. The van der Waals surface area contributed by atoms with Crippen LogP contribution in [0.3, 0.4) is 0 Å². The van der Waals surface area contributed by atoms with Gasteiger partial charge in [-0.3, -0.25) is 0 Å². The van der Waals surface area contributed by atoms with E-state index in [1.54, 1.807) is 42.6 Å². The Hall–Kier alpha value is -2.16. The number of H-pyrrole nitrogens is 1. The van der Waals surface area contributed by atoms with Crippen molar-refractivity contribution in [3.8, 4) is 5.75 Å². The van der Waals surface area contributed by atoms with Gasteiger partial charge >= 0.3 is 0 Å². The van der Waals surface area contributed by atoms with Crippen molar-refractivity contribution in [1.82, 2.24) is 0 Å². The summed E-state index contributed by atoms with van der Waals surface area (Å²) in [5.74, 6) is 0.644. The molecule has 0 radical (unpaired) electrons. The van der Waals surface area contributed by atoms with Crippen molar-refractivity contribution >= 4 is 15.8 Å². The van der Waals surface area contributed by atoms with E-state index in [2.05, 4.69) is 10.3 Å². The molecule has 1 aromatic heterocycles. The molecule has 120 valence electrons. The van der Waals surface area contributed by atoms with Gasteiger partial charge in [0.2, 0.25) is 0 Å². The number of benzene rings is 1. The zero-order valence-corrected chi connectivity index (χ0v) is 13.0. The molecule has 0 bridgehead atoms. The van der Waals surface area contributed by atoms with E-state index in [-0.39, 0.29) is 0 Å². The molecule has 0 fully saturated rings. The highest BCUT2D eigenvalue weighted by Crippen LogP contribution is 2.24. The van der Waals surface area contributed by atoms with Crippen LogP contribution in [0.4, 0.5) is 5.69 Å². The maximum atomic E-state index is 11.4. The molecule has 1 heterocycles. The molecule has 2 aromatic rings. The number of anilines is 1.